The van der Waals surface area contributed by atoms with Crippen molar-refractivity contribution in [3.05, 3.63) is 75.7 Å². The topological polar surface area (TPSA) is 69.5 Å². The van der Waals surface area contributed by atoms with Gasteiger partial charge < -0.3 is 0 Å². The van der Waals surface area contributed by atoms with E-state index in [1.54, 1.807) is 12.1 Å². The van der Waals surface area contributed by atoms with E-state index < -0.39 is 0 Å². The van der Waals surface area contributed by atoms with Gasteiger partial charge in [-0.3, -0.25) is 4.79 Å². The lowest BCUT2D eigenvalue weighted by Gasteiger charge is -2.05. The molecular formula is C16H11N3O. The second-order valence-corrected chi connectivity index (χ2v) is 4.53. The average Bonchev–Trinajstić information content (AvgIpc) is 2.51. The monoisotopic (exact) mass is 261 g/mol. The van der Waals surface area contributed by atoms with Gasteiger partial charge in [-0.25, -0.2) is 5.10 Å². The van der Waals surface area contributed by atoms with Gasteiger partial charge in [-0.05, 0) is 23.8 Å². The summed E-state index contributed by atoms with van der Waals surface area (Å²) in [5.41, 5.74) is 2.23. The van der Waals surface area contributed by atoms with Crippen LogP contribution < -0.4 is 5.56 Å². The van der Waals surface area contributed by atoms with Gasteiger partial charge >= 0.3 is 0 Å². The highest BCUT2D eigenvalue weighted by molar-refractivity contribution is 5.83. The first-order valence-electron chi connectivity index (χ1n) is 6.23. The molecule has 1 aromatic heterocycles. The van der Waals surface area contributed by atoms with Crippen LogP contribution in [0.2, 0.25) is 0 Å². The van der Waals surface area contributed by atoms with Gasteiger partial charge in [-0.2, -0.15) is 10.4 Å². The highest BCUT2D eigenvalue weighted by atomic mass is 16.1. The number of hydrogen-bond donors (Lipinski definition) is 1. The maximum atomic E-state index is 11.7. The Morgan fingerprint density at radius 2 is 1.90 bits per heavy atom. The minimum Gasteiger partial charge on any atom is -0.267 e. The molecule has 0 atom stereocenters. The molecule has 20 heavy (non-hydrogen) atoms. The molecule has 0 amide bonds. The van der Waals surface area contributed by atoms with Gasteiger partial charge in [0, 0.05) is 11.8 Å². The lowest BCUT2D eigenvalue weighted by atomic mass is 10.0. The predicted octanol–water partition coefficient (Wildman–Crippen LogP) is 2.39. The summed E-state index contributed by atoms with van der Waals surface area (Å²) in [6.07, 6.45) is 0.576. The van der Waals surface area contributed by atoms with Gasteiger partial charge in [-0.1, -0.05) is 30.3 Å². The zero-order valence-electron chi connectivity index (χ0n) is 10.6. The third kappa shape index (κ3) is 2.17. The fourth-order valence-electron chi connectivity index (χ4n) is 2.25. The van der Waals surface area contributed by atoms with Gasteiger partial charge in [0.15, 0.2) is 0 Å². The van der Waals surface area contributed by atoms with Crippen molar-refractivity contribution in [3.8, 4) is 6.07 Å². The lowest BCUT2D eigenvalue weighted by Crippen LogP contribution is -2.11. The number of fused-ring (bicyclic) bond motifs is 1. The number of aromatic amines is 1. The molecule has 2 aromatic carbocycles. The van der Waals surface area contributed by atoms with Crippen LogP contribution in [0, 0.1) is 11.3 Å². The van der Waals surface area contributed by atoms with Crippen molar-refractivity contribution in [1.82, 2.24) is 10.2 Å². The molecule has 0 unspecified atom stereocenters. The van der Waals surface area contributed by atoms with Crippen molar-refractivity contribution in [2.24, 2.45) is 0 Å². The van der Waals surface area contributed by atoms with Crippen LogP contribution in [0.25, 0.3) is 10.8 Å². The molecule has 0 saturated heterocycles. The molecule has 0 bridgehead atoms. The summed E-state index contributed by atoms with van der Waals surface area (Å²) in [6.45, 7) is 0. The second-order valence-electron chi connectivity index (χ2n) is 4.53. The van der Waals surface area contributed by atoms with E-state index in [2.05, 4.69) is 16.3 Å². The summed E-state index contributed by atoms with van der Waals surface area (Å²) < 4.78 is 0. The van der Waals surface area contributed by atoms with Crippen molar-refractivity contribution in [2.45, 2.75) is 6.42 Å². The van der Waals surface area contributed by atoms with E-state index in [0.717, 1.165) is 16.6 Å². The van der Waals surface area contributed by atoms with Crippen molar-refractivity contribution in [2.75, 3.05) is 0 Å². The van der Waals surface area contributed by atoms with E-state index in [-0.39, 0.29) is 5.56 Å². The average molecular weight is 261 g/mol. The number of nitrogens with one attached hydrogen (secondary N) is 1. The summed E-state index contributed by atoms with van der Waals surface area (Å²) in [4.78, 5) is 11.7. The second kappa shape index (κ2) is 4.98. The SMILES string of the molecule is N#Cc1cccc(Cc2n[nH]c(=O)c3ccccc23)c1. The summed E-state index contributed by atoms with van der Waals surface area (Å²) in [6, 6.07) is 16.9. The lowest BCUT2D eigenvalue weighted by molar-refractivity contribution is 0.934. The van der Waals surface area contributed by atoms with Crippen LogP contribution in [-0.2, 0) is 6.42 Å². The van der Waals surface area contributed by atoms with E-state index in [1.807, 2.05) is 36.4 Å². The summed E-state index contributed by atoms with van der Waals surface area (Å²) in [5, 5.41) is 17.1. The number of benzene rings is 2. The van der Waals surface area contributed by atoms with E-state index in [4.69, 9.17) is 5.26 Å². The first-order valence-corrected chi connectivity index (χ1v) is 6.23. The smallest absolute Gasteiger partial charge is 0.267 e. The van der Waals surface area contributed by atoms with Gasteiger partial charge in [0.05, 0.1) is 22.7 Å². The molecule has 4 nitrogen and oxygen atoms in total. The first kappa shape index (κ1) is 12.1. The molecule has 1 N–H and O–H groups in total. The highest BCUT2D eigenvalue weighted by Gasteiger charge is 2.07. The zero-order chi connectivity index (χ0) is 13.9. The maximum absolute atomic E-state index is 11.7. The first-order chi connectivity index (χ1) is 9.78. The van der Waals surface area contributed by atoms with Crippen molar-refractivity contribution in [3.63, 3.8) is 0 Å². The molecule has 0 aliphatic heterocycles. The van der Waals surface area contributed by atoms with Crippen LogP contribution in [0.3, 0.4) is 0 Å². The van der Waals surface area contributed by atoms with E-state index in [0.29, 0.717) is 17.4 Å². The largest absolute Gasteiger partial charge is 0.272 e. The number of nitriles is 1. The fraction of sp³-hybridized carbons (Fsp3) is 0.0625. The molecule has 3 aromatic rings. The van der Waals surface area contributed by atoms with Gasteiger partial charge in [0.25, 0.3) is 5.56 Å². The molecule has 4 heteroatoms. The molecule has 3 rings (SSSR count). The van der Waals surface area contributed by atoms with Crippen LogP contribution in [0.4, 0.5) is 0 Å². The molecule has 0 aliphatic rings. The number of nitrogens with zero attached hydrogens (tertiary/aromatic N) is 2. The van der Waals surface area contributed by atoms with E-state index in [1.165, 1.54) is 0 Å². The molecule has 1 heterocycles. The Kier molecular flexibility index (Phi) is 3.02. The normalized spacial score (nSPS) is 10.3. The van der Waals surface area contributed by atoms with Crippen LogP contribution in [0.15, 0.2) is 53.3 Å². The Balaban J connectivity index is 2.09. The standard InChI is InChI=1S/C16H11N3O/c17-10-12-5-3-4-11(8-12)9-15-13-6-1-2-7-14(13)16(20)19-18-15/h1-8H,9H2,(H,19,20). The summed E-state index contributed by atoms with van der Waals surface area (Å²) in [7, 11) is 0. The summed E-state index contributed by atoms with van der Waals surface area (Å²) in [5.74, 6) is 0. The van der Waals surface area contributed by atoms with E-state index >= 15 is 0 Å². The molecule has 0 aliphatic carbocycles. The number of aromatic nitrogens is 2. The summed E-state index contributed by atoms with van der Waals surface area (Å²) >= 11 is 0. The maximum Gasteiger partial charge on any atom is 0.272 e. The Bertz CT molecular complexity index is 875. The van der Waals surface area contributed by atoms with Gasteiger partial charge in [-0.15, -0.1) is 0 Å². The van der Waals surface area contributed by atoms with E-state index in [9.17, 15) is 4.79 Å². The predicted molar refractivity (Wildman–Crippen MR) is 76.3 cm³/mol. The molecule has 0 spiro atoms. The quantitative estimate of drug-likeness (QED) is 0.770. The van der Waals surface area contributed by atoms with Crippen LogP contribution >= 0.6 is 0 Å². The third-order valence-electron chi connectivity index (χ3n) is 3.20. The number of rotatable bonds is 2. The third-order valence-corrected chi connectivity index (χ3v) is 3.20. The minimum absolute atomic E-state index is 0.185. The zero-order valence-corrected chi connectivity index (χ0v) is 10.6. The van der Waals surface area contributed by atoms with Gasteiger partial charge in [0.1, 0.15) is 0 Å². The minimum atomic E-state index is -0.185. The number of hydrogen-bond acceptors (Lipinski definition) is 3. The van der Waals surface area contributed by atoms with Crippen molar-refractivity contribution in [1.29, 1.82) is 5.26 Å². The Morgan fingerprint density at radius 3 is 2.70 bits per heavy atom. The molecule has 0 radical (unpaired) electrons. The highest BCUT2D eigenvalue weighted by Crippen LogP contribution is 2.16. The van der Waals surface area contributed by atoms with Crippen LogP contribution in [0.1, 0.15) is 16.8 Å². The molecule has 0 fully saturated rings. The van der Waals surface area contributed by atoms with Gasteiger partial charge in [0.2, 0.25) is 0 Å². The molecular weight excluding hydrogens is 250 g/mol. The fourth-order valence-corrected chi connectivity index (χ4v) is 2.25. The Labute approximate surface area is 115 Å². The molecule has 0 saturated carbocycles. The molecule has 96 valence electrons. The van der Waals surface area contributed by atoms with Crippen molar-refractivity contribution < 1.29 is 0 Å². The van der Waals surface area contributed by atoms with Crippen LogP contribution in [-0.4, -0.2) is 10.2 Å². The van der Waals surface area contributed by atoms with Crippen LogP contribution in [0.5, 0.6) is 0 Å². The van der Waals surface area contributed by atoms with Crippen molar-refractivity contribution >= 4 is 10.8 Å². The Hall–Kier alpha value is -2.93. The Morgan fingerprint density at radius 1 is 1.10 bits per heavy atom. The number of H-pyrrole nitrogens is 1.